The molecule has 1 amide bonds. The fraction of sp³-hybridized carbons (Fsp3) is 0.500. The van der Waals surface area contributed by atoms with Crippen molar-refractivity contribution in [2.75, 3.05) is 20.3 Å². The van der Waals surface area contributed by atoms with Gasteiger partial charge in [0.15, 0.2) is 0 Å². The van der Waals surface area contributed by atoms with Crippen LogP contribution in [-0.4, -0.2) is 32.3 Å². The number of nitrogens with one attached hydrogen (secondary N) is 1. The first-order valence-corrected chi connectivity index (χ1v) is 8.66. The van der Waals surface area contributed by atoms with Crippen LogP contribution in [0.3, 0.4) is 0 Å². The molecule has 25 heavy (non-hydrogen) atoms. The minimum absolute atomic E-state index is 0.0548. The quantitative estimate of drug-likeness (QED) is 0.636. The molecule has 1 heterocycles. The molecule has 1 aliphatic rings. The van der Waals surface area contributed by atoms with Gasteiger partial charge >= 0.3 is 0 Å². The summed E-state index contributed by atoms with van der Waals surface area (Å²) in [5.41, 5.74) is 2.96. The van der Waals surface area contributed by atoms with E-state index in [1.54, 1.807) is 13.2 Å². The number of hydrogen-bond acceptors (Lipinski definition) is 4. The number of methoxy groups -OCH3 is 1. The average molecular weight is 342 g/mol. The highest BCUT2D eigenvalue weighted by Gasteiger charge is 2.18. The Kier molecular flexibility index (Phi) is 6.60. The van der Waals surface area contributed by atoms with Crippen LogP contribution in [0.4, 0.5) is 0 Å². The van der Waals surface area contributed by atoms with Crippen molar-refractivity contribution in [2.24, 2.45) is 0 Å². The van der Waals surface area contributed by atoms with Crippen LogP contribution in [0, 0.1) is 18.3 Å². The van der Waals surface area contributed by atoms with E-state index in [2.05, 4.69) is 19.2 Å². The molecule has 1 aromatic carbocycles. The van der Waals surface area contributed by atoms with E-state index in [1.165, 1.54) is 0 Å². The first-order valence-electron chi connectivity index (χ1n) is 8.66. The van der Waals surface area contributed by atoms with Crippen molar-refractivity contribution in [3.63, 3.8) is 0 Å². The Labute approximate surface area is 149 Å². The van der Waals surface area contributed by atoms with Crippen LogP contribution in [0.15, 0.2) is 17.7 Å². The molecule has 1 atom stereocenters. The van der Waals surface area contributed by atoms with Gasteiger partial charge in [0.2, 0.25) is 0 Å². The molecule has 1 saturated heterocycles. The van der Waals surface area contributed by atoms with E-state index >= 15 is 0 Å². The minimum atomic E-state index is -0.362. The monoisotopic (exact) mass is 342 g/mol. The van der Waals surface area contributed by atoms with Gasteiger partial charge in [-0.25, -0.2) is 0 Å². The second-order valence-corrected chi connectivity index (χ2v) is 6.62. The number of hydrogen-bond donors (Lipinski definition) is 1. The standard InChI is InChI=1S/C20H26N2O3/c1-13(2)18-10-15(14(3)8-19(18)24-4)9-16(11-21)20(23)22-12-17-6-5-7-25-17/h8-10,13,17H,5-7,12H2,1-4H3,(H,22,23)/b16-9+/t17-/m0/s1. The van der Waals surface area contributed by atoms with Gasteiger partial charge in [-0.15, -0.1) is 0 Å². The lowest BCUT2D eigenvalue weighted by molar-refractivity contribution is -0.117. The average Bonchev–Trinajstić information content (AvgIpc) is 3.11. The molecule has 1 N–H and O–H groups in total. The molecule has 0 saturated carbocycles. The topological polar surface area (TPSA) is 71.3 Å². The van der Waals surface area contributed by atoms with Gasteiger partial charge in [-0.2, -0.15) is 5.26 Å². The molecule has 0 aromatic heterocycles. The Hall–Kier alpha value is -2.32. The molecule has 0 radical (unpaired) electrons. The summed E-state index contributed by atoms with van der Waals surface area (Å²) >= 11 is 0. The Morgan fingerprint density at radius 3 is 2.84 bits per heavy atom. The predicted octanol–water partition coefficient (Wildman–Crippen LogP) is 3.33. The zero-order chi connectivity index (χ0) is 18.4. The van der Waals surface area contributed by atoms with E-state index in [1.807, 2.05) is 25.1 Å². The molecule has 0 bridgehead atoms. The number of carbonyl (C=O) groups excluding carboxylic acids is 1. The lowest BCUT2D eigenvalue weighted by atomic mass is 9.95. The summed E-state index contributed by atoms with van der Waals surface area (Å²) in [6, 6.07) is 5.94. The van der Waals surface area contributed by atoms with Gasteiger partial charge in [0.1, 0.15) is 17.4 Å². The number of aryl methyl sites for hydroxylation is 1. The van der Waals surface area contributed by atoms with Crippen LogP contribution in [0.1, 0.15) is 49.3 Å². The van der Waals surface area contributed by atoms with E-state index in [0.717, 1.165) is 41.9 Å². The number of carbonyl (C=O) groups is 1. The van der Waals surface area contributed by atoms with Gasteiger partial charge in [0, 0.05) is 13.2 Å². The summed E-state index contributed by atoms with van der Waals surface area (Å²) in [5, 5.41) is 12.2. The number of rotatable bonds is 6. The van der Waals surface area contributed by atoms with Gasteiger partial charge in [-0.1, -0.05) is 13.8 Å². The smallest absolute Gasteiger partial charge is 0.262 e. The fourth-order valence-electron chi connectivity index (χ4n) is 2.91. The molecule has 1 fully saturated rings. The number of nitrogens with zero attached hydrogens (tertiary/aromatic N) is 1. The molecule has 2 rings (SSSR count). The van der Waals surface area contributed by atoms with E-state index in [9.17, 15) is 10.1 Å². The van der Waals surface area contributed by atoms with E-state index in [4.69, 9.17) is 9.47 Å². The van der Waals surface area contributed by atoms with Crippen molar-refractivity contribution < 1.29 is 14.3 Å². The third-order valence-electron chi connectivity index (χ3n) is 4.42. The van der Waals surface area contributed by atoms with Gasteiger partial charge in [0.25, 0.3) is 5.91 Å². The van der Waals surface area contributed by atoms with E-state index in [-0.39, 0.29) is 23.5 Å². The molecule has 1 aliphatic heterocycles. The van der Waals surface area contributed by atoms with Crippen LogP contribution >= 0.6 is 0 Å². The Bertz CT molecular complexity index is 696. The summed E-state index contributed by atoms with van der Waals surface area (Å²) in [7, 11) is 1.65. The molecule has 5 heteroatoms. The number of ether oxygens (including phenoxy) is 2. The number of nitriles is 1. The molecule has 0 aliphatic carbocycles. The van der Waals surface area contributed by atoms with E-state index in [0.29, 0.717) is 6.54 Å². The lowest BCUT2D eigenvalue weighted by Gasteiger charge is -2.15. The SMILES string of the molecule is COc1cc(C)c(/C=C(\C#N)C(=O)NC[C@@H]2CCCO2)cc1C(C)C. The van der Waals surface area contributed by atoms with E-state index < -0.39 is 0 Å². The van der Waals surface area contributed by atoms with Crippen LogP contribution in [0.2, 0.25) is 0 Å². The summed E-state index contributed by atoms with van der Waals surface area (Å²) in [6.45, 7) is 7.29. The van der Waals surface area contributed by atoms with Crippen LogP contribution in [-0.2, 0) is 9.53 Å². The zero-order valence-electron chi connectivity index (χ0n) is 15.4. The third-order valence-corrected chi connectivity index (χ3v) is 4.42. The van der Waals surface area contributed by atoms with Gasteiger partial charge in [0.05, 0.1) is 13.2 Å². The first-order chi connectivity index (χ1) is 12.0. The summed E-state index contributed by atoms with van der Waals surface area (Å²) in [5.74, 6) is 0.742. The summed E-state index contributed by atoms with van der Waals surface area (Å²) in [4.78, 5) is 12.3. The Morgan fingerprint density at radius 1 is 1.52 bits per heavy atom. The van der Waals surface area contributed by atoms with Crippen molar-refractivity contribution in [3.8, 4) is 11.8 Å². The lowest BCUT2D eigenvalue weighted by Crippen LogP contribution is -2.32. The second-order valence-electron chi connectivity index (χ2n) is 6.62. The van der Waals surface area contributed by atoms with Crippen molar-refractivity contribution in [2.45, 2.75) is 45.6 Å². The predicted molar refractivity (Wildman–Crippen MR) is 97.4 cm³/mol. The highest BCUT2D eigenvalue weighted by Crippen LogP contribution is 2.30. The molecule has 5 nitrogen and oxygen atoms in total. The maximum Gasteiger partial charge on any atom is 0.262 e. The third kappa shape index (κ3) is 4.83. The van der Waals surface area contributed by atoms with Crippen molar-refractivity contribution >= 4 is 12.0 Å². The Morgan fingerprint density at radius 2 is 2.28 bits per heavy atom. The summed E-state index contributed by atoms with van der Waals surface area (Å²) in [6.07, 6.45) is 3.66. The van der Waals surface area contributed by atoms with Crippen LogP contribution in [0.25, 0.3) is 6.08 Å². The Balaban J connectivity index is 2.21. The molecular formula is C20H26N2O3. The molecule has 134 valence electrons. The highest BCUT2D eigenvalue weighted by atomic mass is 16.5. The zero-order valence-corrected chi connectivity index (χ0v) is 15.4. The first kappa shape index (κ1) is 19.0. The van der Waals surface area contributed by atoms with Gasteiger partial charge in [-0.05, 0) is 60.6 Å². The number of amides is 1. The van der Waals surface area contributed by atoms with Crippen molar-refractivity contribution in [3.05, 3.63) is 34.4 Å². The maximum atomic E-state index is 12.3. The maximum absolute atomic E-state index is 12.3. The molecule has 0 spiro atoms. The molecule has 1 aromatic rings. The normalized spacial score (nSPS) is 17.4. The summed E-state index contributed by atoms with van der Waals surface area (Å²) < 4.78 is 10.9. The molecular weight excluding hydrogens is 316 g/mol. The number of benzene rings is 1. The van der Waals surface area contributed by atoms with Gasteiger partial charge < -0.3 is 14.8 Å². The van der Waals surface area contributed by atoms with Crippen LogP contribution in [0.5, 0.6) is 5.75 Å². The van der Waals surface area contributed by atoms with Crippen molar-refractivity contribution in [1.29, 1.82) is 5.26 Å². The minimum Gasteiger partial charge on any atom is -0.496 e. The van der Waals surface area contributed by atoms with Crippen molar-refractivity contribution in [1.82, 2.24) is 5.32 Å². The fourth-order valence-corrected chi connectivity index (χ4v) is 2.91. The molecule has 0 unspecified atom stereocenters. The van der Waals surface area contributed by atoms with Crippen LogP contribution < -0.4 is 10.1 Å². The highest BCUT2D eigenvalue weighted by molar-refractivity contribution is 6.01. The second kappa shape index (κ2) is 8.68. The largest absolute Gasteiger partial charge is 0.496 e. The van der Waals surface area contributed by atoms with Gasteiger partial charge in [-0.3, -0.25) is 4.79 Å².